The Balaban J connectivity index is 0.00000280. The number of H-pyrrole nitrogens is 1. The number of fused-ring (bicyclic) bond motifs is 1. The summed E-state index contributed by atoms with van der Waals surface area (Å²) >= 11 is 0. The second-order valence-corrected chi connectivity index (χ2v) is 6.73. The third kappa shape index (κ3) is 5.22. The number of nitrogens with one attached hydrogen (secondary N) is 1. The van der Waals surface area contributed by atoms with Crippen molar-refractivity contribution in [2.75, 3.05) is 7.11 Å². The first-order chi connectivity index (χ1) is 12.8. The van der Waals surface area contributed by atoms with Crippen LogP contribution in [0.25, 0.3) is 11.0 Å². The van der Waals surface area contributed by atoms with Gasteiger partial charge in [0.1, 0.15) is 11.5 Å². The molecule has 0 aliphatic heterocycles. The van der Waals surface area contributed by atoms with Crippen molar-refractivity contribution in [2.45, 2.75) is 23.4 Å². The molecule has 2 aromatic heterocycles. The number of hydrogen-bond donors (Lipinski definition) is 1. The molecule has 0 aliphatic rings. The van der Waals surface area contributed by atoms with Crippen LogP contribution in [0.5, 0.6) is 11.5 Å². The van der Waals surface area contributed by atoms with E-state index in [1.807, 2.05) is 0 Å². The average molecular weight is 426 g/mol. The van der Waals surface area contributed by atoms with Crippen LogP contribution in [-0.4, -0.2) is 68.4 Å². The smallest absolute Gasteiger partial charge is 0.461 e. The first-order valence-electron chi connectivity index (χ1n) is 7.50. The quantitative estimate of drug-likeness (QED) is 0.464. The molecular weight excluding hydrogens is 413 g/mol. The second kappa shape index (κ2) is 9.21. The number of nitrogens with zero attached hydrogens (tertiary/aromatic N) is 2. The van der Waals surface area contributed by atoms with E-state index in [9.17, 15) is 21.8 Å². The molecule has 28 heavy (non-hydrogen) atoms. The number of benzene rings is 1. The predicted octanol–water partition coefficient (Wildman–Crippen LogP) is 3.13. The Morgan fingerprint density at radius 1 is 1.21 bits per heavy atom. The molecule has 0 bridgehead atoms. The number of rotatable bonds is 7. The van der Waals surface area contributed by atoms with Gasteiger partial charge in [0.25, 0.3) is 0 Å². The van der Waals surface area contributed by atoms with Crippen molar-refractivity contribution < 1.29 is 31.2 Å². The molecule has 0 saturated heterocycles. The predicted molar refractivity (Wildman–Crippen MR) is 94.3 cm³/mol. The van der Waals surface area contributed by atoms with Gasteiger partial charge in [0.2, 0.25) is 0 Å². The van der Waals surface area contributed by atoms with E-state index in [4.69, 9.17) is 4.74 Å². The van der Waals surface area contributed by atoms with Gasteiger partial charge in [0.15, 0.2) is 5.16 Å². The zero-order valence-corrected chi connectivity index (χ0v) is 17.6. The molecule has 1 aromatic carbocycles. The Kier molecular flexibility index (Phi) is 7.43. The molecular formula is C16H13F4N3NaO3S. The van der Waals surface area contributed by atoms with Crippen molar-refractivity contribution in [1.29, 1.82) is 0 Å². The Morgan fingerprint density at radius 2 is 1.96 bits per heavy atom. The van der Waals surface area contributed by atoms with Gasteiger partial charge in [-0.15, -0.1) is 0 Å². The van der Waals surface area contributed by atoms with Gasteiger partial charge in [-0.2, -0.15) is 17.6 Å². The number of ether oxygens (including phenoxy) is 2. The molecule has 1 unspecified atom stereocenters. The van der Waals surface area contributed by atoms with Gasteiger partial charge in [0, 0.05) is 47.9 Å². The molecule has 0 fully saturated rings. The van der Waals surface area contributed by atoms with Crippen LogP contribution in [0.15, 0.2) is 41.7 Å². The zero-order valence-electron chi connectivity index (χ0n) is 14.8. The Morgan fingerprint density at radius 3 is 2.64 bits per heavy atom. The number of pyridine rings is 1. The second-order valence-electron chi connectivity index (χ2n) is 5.36. The summed E-state index contributed by atoms with van der Waals surface area (Å²) in [6.45, 7) is 0. The van der Waals surface area contributed by atoms with Crippen LogP contribution < -0.4 is 9.47 Å². The summed E-state index contributed by atoms with van der Waals surface area (Å²) in [6, 6.07) is 6.73. The molecule has 0 saturated carbocycles. The van der Waals surface area contributed by atoms with Crippen LogP contribution in [0.3, 0.4) is 0 Å². The SMILES string of the molecule is COc1ccnc(CS(=O)c2nc3ccc(OC(F)(F)C(F)F)cc3[nH]2)c1.[Na]. The monoisotopic (exact) mass is 426 g/mol. The van der Waals surface area contributed by atoms with E-state index >= 15 is 0 Å². The maximum Gasteiger partial charge on any atom is 0.461 e. The molecule has 2 heterocycles. The van der Waals surface area contributed by atoms with E-state index in [0.717, 1.165) is 12.1 Å². The maximum atomic E-state index is 13.0. The van der Waals surface area contributed by atoms with Crippen LogP contribution in [0.4, 0.5) is 17.6 Å². The molecule has 12 heteroatoms. The maximum absolute atomic E-state index is 13.0. The minimum Gasteiger partial charge on any atom is -0.497 e. The molecule has 3 rings (SSSR count). The molecule has 3 aromatic rings. The molecule has 6 nitrogen and oxygen atoms in total. The summed E-state index contributed by atoms with van der Waals surface area (Å²) in [6.07, 6.45) is -7.07. The number of halogens is 4. The Bertz CT molecular complexity index is 987. The first kappa shape index (κ1) is 22.6. The van der Waals surface area contributed by atoms with E-state index in [-0.39, 0.29) is 46.0 Å². The summed E-state index contributed by atoms with van der Waals surface area (Å²) in [5.74, 6) is 0.135. The fraction of sp³-hybridized carbons (Fsp3) is 0.250. The van der Waals surface area contributed by atoms with Crippen molar-refractivity contribution in [1.82, 2.24) is 15.0 Å². The third-order valence-electron chi connectivity index (χ3n) is 3.46. The van der Waals surface area contributed by atoms with Gasteiger partial charge >= 0.3 is 12.5 Å². The molecule has 0 aliphatic carbocycles. The summed E-state index contributed by atoms with van der Waals surface area (Å²) in [7, 11) is -0.111. The molecule has 145 valence electrons. The summed E-state index contributed by atoms with van der Waals surface area (Å²) < 4.78 is 72.1. The number of aromatic amines is 1. The van der Waals surface area contributed by atoms with Gasteiger partial charge in [-0.05, 0) is 18.2 Å². The Hall–Kier alpha value is -1.69. The first-order valence-corrected chi connectivity index (χ1v) is 8.82. The van der Waals surface area contributed by atoms with Crippen LogP contribution in [0, 0.1) is 0 Å². The molecule has 1 N–H and O–H groups in total. The van der Waals surface area contributed by atoms with Crippen molar-refractivity contribution in [3.05, 3.63) is 42.2 Å². The van der Waals surface area contributed by atoms with Gasteiger partial charge in [-0.3, -0.25) is 9.19 Å². The normalized spacial score (nSPS) is 12.6. The number of aromatic nitrogens is 3. The number of alkyl halides is 4. The fourth-order valence-corrected chi connectivity index (χ4v) is 3.19. The molecule has 0 amide bonds. The minimum atomic E-state index is -4.61. The minimum absolute atomic E-state index is 0. The van der Waals surface area contributed by atoms with Crippen LogP contribution in [0.2, 0.25) is 0 Å². The van der Waals surface area contributed by atoms with Gasteiger partial charge < -0.3 is 14.5 Å². The Labute approximate surface area is 181 Å². The van der Waals surface area contributed by atoms with Gasteiger partial charge in [-0.1, -0.05) is 0 Å². The third-order valence-corrected chi connectivity index (χ3v) is 4.64. The van der Waals surface area contributed by atoms with Crippen molar-refractivity contribution in [2.24, 2.45) is 0 Å². The zero-order chi connectivity index (χ0) is 19.6. The van der Waals surface area contributed by atoms with Crippen molar-refractivity contribution >= 4 is 51.4 Å². The largest absolute Gasteiger partial charge is 0.497 e. The van der Waals surface area contributed by atoms with E-state index in [0.29, 0.717) is 17.0 Å². The van der Waals surface area contributed by atoms with E-state index in [1.165, 1.54) is 19.4 Å². The average Bonchev–Trinajstić information content (AvgIpc) is 3.05. The van der Waals surface area contributed by atoms with Crippen molar-refractivity contribution in [3.63, 3.8) is 0 Å². The topological polar surface area (TPSA) is 77.1 Å². The van der Waals surface area contributed by atoms with Crippen LogP contribution >= 0.6 is 0 Å². The summed E-state index contributed by atoms with van der Waals surface area (Å²) in [5, 5.41) is 0.0902. The van der Waals surface area contributed by atoms with E-state index in [1.54, 1.807) is 12.1 Å². The van der Waals surface area contributed by atoms with Crippen molar-refractivity contribution in [3.8, 4) is 11.5 Å². The number of imidazole rings is 1. The van der Waals surface area contributed by atoms with E-state index < -0.39 is 29.1 Å². The van der Waals surface area contributed by atoms with Gasteiger partial charge in [-0.25, -0.2) is 4.98 Å². The molecule has 0 spiro atoms. The van der Waals surface area contributed by atoms with Crippen LogP contribution in [-0.2, 0) is 16.6 Å². The number of hydrogen-bond acceptors (Lipinski definition) is 5. The fourth-order valence-electron chi connectivity index (χ4n) is 2.20. The summed E-state index contributed by atoms with van der Waals surface area (Å²) in [5.41, 5.74) is 1.05. The standard InChI is InChI=1S/C16H13F4N3O3S.Na/c1-25-10-4-5-21-9(6-10)8-27(24)15-22-12-3-2-11(7-13(12)23-15)26-16(19,20)14(17)18;/h2-7,14H,8H2,1H3,(H,22,23);. The number of methoxy groups -OCH3 is 1. The van der Waals surface area contributed by atoms with Crippen LogP contribution in [0.1, 0.15) is 5.69 Å². The van der Waals surface area contributed by atoms with Gasteiger partial charge in [0.05, 0.1) is 40.4 Å². The summed E-state index contributed by atoms with van der Waals surface area (Å²) in [4.78, 5) is 10.9. The van der Waals surface area contributed by atoms with E-state index in [2.05, 4.69) is 19.7 Å². The molecule has 1 radical (unpaired) electrons. The molecule has 1 atom stereocenters.